The minimum Gasteiger partial charge on any atom is -0.193 e. The quantitative estimate of drug-likeness (QED) is 0.299. The SMILES string of the molecule is CCCCc1ccc(C2CCC(C3CCC(CCC=CC=CC#N)CC3)CC2)cc1. The van der Waals surface area contributed by atoms with E-state index < -0.39 is 0 Å². The first-order chi connectivity index (χ1) is 14.8. The van der Waals surface area contributed by atoms with Crippen LogP contribution in [0.15, 0.2) is 48.6 Å². The predicted molar refractivity (Wildman–Crippen MR) is 128 cm³/mol. The highest BCUT2D eigenvalue weighted by Crippen LogP contribution is 2.44. The second-order valence-electron chi connectivity index (χ2n) is 9.73. The Morgan fingerprint density at radius 2 is 1.57 bits per heavy atom. The second kappa shape index (κ2) is 12.8. The van der Waals surface area contributed by atoms with Gasteiger partial charge in [0.25, 0.3) is 0 Å². The van der Waals surface area contributed by atoms with Crippen molar-refractivity contribution in [1.82, 2.24) is 0 Å². The van der Waals surface area contributed by atoms with Crippen LogP contribution in [0, 0.1) is 29.1 Å². The summed E-state index contributed by atoms with van der Waals surface area (Å²) in [5.41, 5.74) is 3.11. The molecule has 0 amide bonds. The zero-order chi connectivity index (χ0) is 21.0. The number of benzene rings is 1. The molecule has 30 heavy (non-hydrogen) atoms. The van der Waals surface area contributed by atoms with Crippen molar-refractivity contribution < 1.29 is 0 Å². The van der Waals surface area contributed by atoms with Crippen LogP contribution < -0.4 is 0 Å². The van der Waals surface area contributed by atoms with Crippen LogP contribution in [0.2, 0.25) is 0 Å². The monoisotopic (exact) mass is 403 g/mol. The second-order valence-corrected chi connectivity index (χ2v) is 9.73. The van der Waals surface area contributed by atoms with Crippen molar-refractivity contribution in [3.05, 3.63) is 59.7 Å². The maximum atomic E-state index is 8.50. The molecule has 0 N–H and O–H groups in total. The average molecular weight is 404 g/mol. The van der Waals surface area contributed by atoms with Crippen molar-refractivity contribution >= 4 is 0 Å². The third-order valence-corrected chi connectivity index (χ3v) is 7.76. The summed E-state index contributed by atoms with van der Waals surface area (Å²) in [6, 6.07) is 11.6. The molecule has 0 radical (unpaired) electrons. The molecule has 0 unspecified atom stereocenters. The molecule has 2 fully saturated rings. The van der Waals surface area contributed by atoms with E-state index in [1.54, 1.807) is 11.6 Å². The molecule has 1 aromatic rings. The van der Waals surface area contributed by atoms with Gasteiger partial charge in [0.15, 0.2) is 0 Å². The van der Waals surface area contributed by atoms with Gasteiger partial charge in [-0.25, -0.2) is 0 Å². The van der Waals surface area contributed by atoms with E-state index in [4.69, 9.17) is 5.26 Å². The number of allylic oxidation sites excluding steroid dienone is 4. The molecule has 3 rings (SSSR count). The number of nitrogens with zero attached hydrogens (tertiary/aromatic N) is 1. The maximum Gasteiger partial charge on any atom is 0.0912 e. The van der Waals surface area contributed by atoms with Crippen LogP contribution in [-0.2, 0) is 6.42 Å². The summed E-state index contributed by atoms with van der Waals surface area (Å²) in [7, 11) is 0. The summed E-state index contributed by atoms with van der Waals surface area (Å²) in [6.45, 7) is 2.27. The highest BCUT2D eigenvalue weighted by molar-refractivity contribution is 5.26. The van der Waals surface area contributed by atoms with Crippen molar-refractivity contribution in [3.63, 3.8) is 0 Å². The normalized spacial score (nSPS) is 27.5. The molecule has 1 nitrogen and oxygen atoms in total. The lowest BCUT2D eigenvalue weighted by Crippen LogP contribution is -2.25. The molecule has 2 aliphatic carbocycles. The first-order valence-corrected chi connectivity index (χ1v) is 12.6. The minimum atomic E-state index is 0.805. The van der Waals surface area contributed by atoms with Gasteiger partial charge >= 0.3 is 0 Å². The van der Waals surface area contributed by atoms with E-state index >= 15 is 0 Å². The molecule has 0 saturated heterocycles. The van der Waals surface area contributed by atoms with Crippen LogP contribution in [-0.4, -0.2) is 0 Å². The minimum absolute atomic E-state index is 0.805. The zero-order valence-electron chi connectivity index (χ0n) is 19.1. The van der Waals surface area contributed by atoms with Crippen molar-refractivity contribution in [2.75, 3.05) is 0 Å². The number of unbranched alkanes of at least 4 members (excludes halogenated alkanes) is 1. The number of aryl methyl sites for hydroxylation is 1. The van der Waals surface area contributed by atoms with Crippen LogP contribution >= 0.6 is 0 Å². The van der Waals surface area contributed by atoms with Gasteiger partial charge in [-0.05, 0) is 99.0 Å². The van der Waals surface area contributed by atoms with E-state index in [-0.39, 0.29) is 0 Å². The molecule has 2 saturated carbocycles. The molecule has 2 aliphatic rings. The molecule has 0 spiro atoms. The van der Waals surface area contributed by atoms with Gasteiger partial charge in [-0.2, -0.15) is 5.26 Å². The van der Waals surface area contributed by atoms with Crippen molar-refractivity contribution in [2.24, 2.45) is 17.8 Å². The summed E-state index contributed by atoms with van der Waals surface area (Å²) < 4.78 is 0. The number of hydrogen-bond donors (Lipinski definition) is 0. The Bertz CT molecular complexity index is 689. The Morgan fingerprint density at radius 1 is 0.900 bits per heavy atom. The van der Waals surface area contributed by atoms with Gasteiger partial charge in [-0.3, -0.25) is 0 Å². The van der Waals surface area contributed by atoms with Gasteiger partial charge in [-0.15, -0.1) is 0 Å². The fraction of sp³-hybridized carbons (Fsp3) is 0.621. The number of hydrogen-bond acceptors (Lipinski definition) is 1. The zero-order valence-corrected chi connectivity index (χ0v) is 19.1. The molecule has 0 bridgehead atoms. The molecule has 1 heteroatoms. The van der Waals surface area contributed by atoms with Gasteiger partial charge in [-0.1, -0.05) is 68.7 Å². The van der Waals surface area contributed by atoms with Crippen LogP contribution in [0.25, 0.3) is 0 Å². The summed E-state index contributed by atoms with van der Waals surface area (Å²) in [5.74, 6) is 3.71. The Labute approximate surface area is 185 Å². The largest absolute Gasteiger partial charge is 0.193 e. The Hall–Kier alpha value is -1.81. The number of rotatable bonds is 9. The summed E-state index contributed by atoms with van der Waals surface area (Å²) >= 11 is 0. The van der Waals surface area contributed by atoms with Gasteiger partial charge in [0.1, 0.15) is 0 Å². The lowest BCUT2D eigenvalue weighted by Gasteiger charge is -2.38. The molecular formula is C29H41N. The van der Waals surface area contributed by atoms with Crippen molar-refractivity contribution in [3.8, 4) is 6.07 Å². The van der Waals surface area contributed by atoms with E-state index in [1.165, 1.54) is 82.6 Å². The smallest absolute Gasteiger partial charge is 0.0912 e. The standard InChI is InChI=1S/C29H41N/c1-2-3-9-24-11-15-26(16-12-24)28-19-21-29(22-20-28)27-17-13-25(14-18-27)10-7-5-4-6-8-23-30/h4-6,8,11-12,15-16,25,27-29H,2-3,7,9-10,13-14,17-22H2,1H3. The van der Waals surface area contributed by atoms with Crippen LogP contribution in [0.5, 0.6) is 0 Å². The van der Waals surface area contributed by atoms with E-state index in [0.29, 0.717) is 0 Å². The summed E-state index contributed by atoms with van der Waals surface area (Å²) in [6.07, 6.45) is 25.4. The molecule has 0 aromatic heterocycles. The van der Waals surface area contributed by atoms with Gasteiger partial charge < -0.3 is 0 Å². The Morgan fingerprint density at radius 3 is 2.20 bits per heavy atom. The predicted octanol–water partition coefficient (Wildman–Crippen LogP) is 8.53. The molecule has 1 aromatic carbocycles. The first kappa shape index (κ1) is 22.9. The van der Waals surface area contributed by atoms with Crippen LogP contribution in [0.1, 0.15) is 101 Å². The van der Waals surface area contributed by atoms with Gasteiger partial charge in [0, 0.05) is 6.08 Å². The fourth-order valence-corrected chi connectivity index (χ4v) is 5.81. The van der Waals surface area contributed by atoms with E-state index in [2.05, 4.69) is 37.3 Å². The first-order valence-electron chi connectivity index (χ1n) is 12.6. The molecule has 162 valence electrons. The highest BCUT2D eigenvalue weighted by atomic mass is 14.4. The van der Waals surface area contributed by atoms with Gasteiger partial charge in [0.05, 0.1) is 6.07 Å². The van der Waals surface area contributed by atoms with Gasteiger partial charge in [0.2, 0.25) is 0 Å². The maximum absolute atomic E-state index is 8.50. The lowest BCUT2D eigenvalue weighted by molar-refractivity contribution is 0.157. The van der Waals surface area contributed by atoms with Crippen molar-refractivity contribution in [2.45, 2.75) is 96.3 Å². The third-order valence-electron chi connectivity index (χ3n) is 7.76. The third kappa shape index (κ3) is 7.16. The Kier molecular flexibility index (Phi) is 9.75. The topological polar surface area (TPSA) is 23.8 Å². The van der Waals surface area contributed by atoms with E-state index in [1.807, 2.05) is 18.2 Å². The number of nitriles is 1. The average Bonchev–Trinajstić information content (AvgIpc) is 2.81. The molecule has 0 atom stereocenters. The highest BCUT2D eigenvalue weighted by Gasteiger charge is 2.31. The molecule has 0 aliphatic heterocycles. The Balaban J connectivity index is 1.35. The van der Waals surface area contributed by atoms with Crippen LogP contribution in [0.4, 0.5) is 0 Å². The van der Waals surface area contributed by atoms with E-state index in [9.17, 15) is 0 Å². The van der Waals surface area contributed by atoms with E-state index in [0.717, 1.165) is 30.1 Å². The summed E-state index contributed by atoms with van der Waals surface area (Å²) in [4.78, 5) is 0. The summed E-state index contributed by atoms with van der Waals surface area (Å²) in [5, 5.41) is 8.50. The lowest BCUT2D eigenvalue weighted by atomic mass is 9.68. The molecule has 0 heterocycles. The molecular weight excluding hydrogens is 362 g/mol. The van der Waals surface area contributed by atoms with Crippen molar-refractivity contribution in [1.29, 1.82) is 5.26 Å². The van der Waals surface area contributed by atoms with Crippen LogP contribution in [0.3, 0.4) is 0 Å². The fourth-order valence-electron chi connectivity index (χ4n) is 5.81.